The fraction of sp³-hybridized carbons (Fsp3) is 0.0833. The van der Waals surface area contributed by atoms with E-state index < -0.39 is 0 Å². The van der Waals surface area contributed by atoms with Gasteiger partial charge in [-0.25, -0.2) is 0 Å². The molecule has 4 heteroatoms. The molecule has 0 amide bonds. The lowest BCUT2D eigenvalue weighted by Gasteiger charge is -2.08. The monoisotopic (exact) mass is 277 g/mol. The van der Waals surface area contributed by atoms with Crippen molar-refractivity contribution in [2.75, 3.05) is 7.11 Å². The summed E-state index contributed by atoms with van der Waals surface area (Å²) in [5.41, 5.74) is 0.279. The first-order valence-electron chi connectivity index (χ1n) is 4.57. The lowest BCUT2D eigenvalue weighted by atomic mass is 10.0. The molecule has 1 N–H and O–H groups in total. The van der Waals surface area contributed by atoms with Gasteiger partial charge in [0.2, 0.25) is 0 Å². The van der Waals surface area contributed by atoms with E-state index in [1.54, 1.807) is 25.3 Å². The predicted octanol–water partition coefficient (Wildman–Crippen LogP) is 3.19. The number of halogens is 1. The zero-order chi connectivity index (χ0) is 11.7. The number of nitriles is 1. The first-order valence-corrected chi connectivity index (χ1v) is 5.36. The molecule has 0 aliphatic heterocycles. The second-order valence-electron chi connectivity index (χ2n) is 3.25. The van der Waals surface area contributed by atoms with Crippen LogP contribution in [0.25, 0.3) is 10.8 Å². The van der Waals surface area contributed by atoms with Crippen molar-refractivity contribution < 1.29 is 9.84 Å². The molecule has 0 fully saturated rings. The summed E-state index contributed by atoms with van der Waals surface area (Å²) >= 11 is 3.41. The van der Waals surface area contributed by atoms with Gasteiger partial charge in [0.1, 0.15) is 23.1 Å². The molecule has 0 unspecified atom stereocenters. The number of phenolic OH excluding ortho intramolecular Hbond substituents is 1. The Kier molecular flexibility index (Phi) is 2.71. The minimum absolute atomic E-state index is 0.00735. The first kappa shape index (κ1) is 10.8. The second-order valence-corrected chi connectivity index (χ2v) is 4.04. The van der Waals surface area contributed by atoms with Gasteiger partial charge in [0.15, 0.2) is 0 Å². The molecule has 2 rings (SSSR count). The van der Waals surface area contributed by atoms with Gasteiger partial charge in [-0.3, -0.25) is 0 Å². The number of benzene rings is 2. The summed E-state index contributed by atoms with van der Waals surface area (Å²) < 4.78 is 5.95. The highest BCUT2D eigenvalue weighted by atomic mass is 79.9. The smallest absolute Gasteiger partial charge is 0.133 e. The van der Waals surface area contributed by atoms with E-state index in [1.165, 1.54) is 6.07 Å². The number of aromatic hydroxyl groups is 1. The van der Waals surface area contributed by atoms with Crippen molar-refractivity contribution >= 4 is 26.7 Å². The lowest BCUT2D eigenvalue weighted by molar-refractivity contribution is 0.413. The molecule has 16 heavy (non-hydrogen) atoms. The lowest BCUT2D eigenvalue weighted by Crippen LogP contribution is -1.87. The zero-order valence-electron chi connectivity index (χ0n) is 8.49. The maximum atomic E-state index is 9.56. The van der Waals surface area contributed by atoms with Crippen LogP contribution in [0.3, 0.4) is 0 Å². The van der Waals surface area contributed by atoms with Gasteiger partial charge in [0.05, 0.1) is 11.6 Å². The van der Waals surface area contributed by atoms with E-state index in [0.717, 1.165) is 9.86 Å². The molecule has 0 saturated heterocycles. The fourth-order valence-corrected chi connectivity index (χ4v) is 2.25. The molecule has 0 radical (unpaired) electrons. The van der Waals surface area contributed by atoms with Gasteiger partial charge in [-0.05, 0) is 40.2 Å². The van der Waals surface area contributed by atoms with Crippen molar-refractivity contribution in [2.45, 2.75) is 0 Å². The molecule has 0 atom stereocenters. The Morgan fingerprint density at radius 2 is 1.94 bits per heavy atom. The Balaban J connectivity index is 2.89. The number of methoxy groups -OCH3 is 1. The molecule has 0 aromatic heterocycles. The van der Waals surface area contributed by atoms with E-state index in [9.17, 15) is 5.11 Å². The van der Waals surface area contributed by atoms with Crippen LogP contribution in [-0.2, 0) is 0 Å². The molecule has 3 nitrogen and oxygen atoms in total. The van der Waals surface area contributed by atoms with Crippen LogP contribution in [0.5, 0.6) is 11.5 Å². The second kappa shape index (κ2) is 4.03. The van der Waals surface area contributed by atoms with E-state index in [1.807, 2.05) is 6.07 Å². The number of nitrogens with zero attached hydrogens (tertiary/aromatic N) is 1. The minimum atomic E-state index is -0.00735. The SMILES string of the molecule is COc1ccc2c(C#N)c(O)ccc2c1Br. The summed E-state index contributed by atoms with van der Waals surface area (Å²) in [4.78, 5) is 0. The van der Waals surface area contributed by atoms with E-state index in [-0.39, 0.29) is 11.3 Å². The quantitative estimate of drug-likeness (QED) is 0.871. The van der Waals surface area contributed by atoms with Crippen molar-refractivity contribution in [3.05, 3.63) is 34.3 Å². The Labute approximate surface area is 101 Å². The average molecular weight is 278 g/mol. The zero-order valence-corrected chi connectivity index (χ0v) is 10.1. The third-order valence-electron chi connectivity index (χ3n) is 2.41. The third-order valence-corrected chi connectivity index (χ3v) is 3.23. The fourth-order valence-electron chi connectivity index (χ4n) is 1.61. The standard InChI is InChI=1S/C12H8BrNO2/c1-16-11-5-3-7-8(12(11)13)2-4-10(15)9(7)6-14/h2-5,15H,1H3. The van der Waals surface area contributed by atoms with Crippen molar-refractivity contribution in [2.24, 2.45) is 0 Å². The van der Waals surface area contributed by atoms with Crippen molar-refractivity contribution in [3.8, 4) is 17.6 Å². The number of hydrogen-bond acceptors (Lipinski definition) is 3. The highest BCUT2D eigenvalue weighted by molar-refractivity contribution is 9.10. The van der Waals surface area contributed by atoms with Gasteiger partial charge in [-0.1, -0.05) is 0 Å². The molecule has 0 saturated carbocycles. The molecule has 2 aromatic carbocycles. The molecular weight excluding hydrogens is 270 g/mol. The van der Waals surface area contributed by atoms with E-state index >= 15 is 0 Å². The molecule has 0 heterocycles. The van der Waals surface area contributed by atoms with Crippen LogP contribution in [0.4, 0.5) is 0 Å². The van der Waals surface area contributed by atoms with Crippen LogP contribution >= 0.6 is 15.9 Å². The number of rotatable bonds is 1. The van der Waals surface area contributed by atoms with Crippen LogP contribution in [0.1, 0.15) is 5.56 Å². The highest BCUT2D eigenvalue weighted by Crippen LogP contribution is 2.36. The normalized spacial score (nSPS) is 10.1. The molecule has 0 aliphatic carbocycles. The number of ether oxygens (including phenoxy) is 1. The third kappa shape index (κ3) is 1.50. The summed E-state index contributed by atoms with van der Waals surface area (Å²) in [7, 11) is 1.58. The van der Waals surface area contributed by atoms with Gasteiger partial charge in [-0.15, -0.1) is 0 Å². The maximum Gasteiger partial charge on any atom is 0.133 e. The number of fused-ring (bicyclic) bond motifs is 1. The maximum absolute atomic E-state index is 9.56. The summed E-state index contributed by atoms with van der Waals surface area (Å²) in [6, 6.07) is 8.76. The summed E-state index contributed by atoms with van der Waals surface area (Å²) in [6.07, 6.45) is 0. The Hall–Kier alpha value is -1.73. The Bertz CT molecular complexity index is 602. The molecular formula is C12H8BrNO2. The van der Waals surface area contributed by atoms with Crippen LogP contribution in [0, 0.1) is 11.3 Å². The molecule has 80 valence electrons. The van der Waals surface area contributed by atoms with E-state index in [0.29, 0.717) is 11.1 Å². The van der Waals surface area contributed by atoms with E-state index in [2.05, 4.69) is 15.9 Å². The largest absolute Gasteiger partial charge is 0.507 e. The first-order chi connectivity index (χ1) is 7.69. The predicted molar refractivity (Wildman–Crippen MR) is 64.6 cm³/mol. The number of hydrogen-bond donors (Lipinski definition) is 1. The average Bonchev–Trinajstić information content (AvgIpc) is 2.29. The molecule has 0 bridgehead atoms. The van der Waals surface area contributed by atoms with Gasteiger partial charge in [0.25, 0.3) is 0 Å². The van der Waals surface area contributed by atoms with Crippen molar-refractivity contribution in [1.29, 1.82) is 5.26 Å². The molecule has 0 spiro atoms. The van der Waals surface area contributed by atoms with Crippen LogP contribution in [-0.4, -0.2) is 12.2 Å². The van der Waals surface area contributed by atoms with E-state index in [4.69, 9.17) is 10.00 Å². The Morgan fingerprint density at radius 1 is 1.25 bits per heavy atom. The molecule has 2 aromatic rings. The molecule has 0 aliphatic rings. The Morgan fingerprint density at radius 3 is 2.56 bits per heavy atom. The van der Waals surface area contributed by atoms with Crippen LogP contribution in [0.15, 0.2) is 28.7 Å². The van der Waals surface area contributed by atoms with Crippen LogP contribution < -0.4 is 4.74 Å². The van der Waals surface area contributed by atoms with Crippen LogP contribution in [0.2, 0.25) is 0 Å². The van der Waals surface area contributed by atoms with Crippen molar-refractivity contribution in [1.82, 2.24) is 0 Å². The minimum Gasteiger partial charge on any atom is -0.507 e. The van der Waals surface area contributed by atoms with Gasteiger partial charge < -0.3 is 9.84 Å². The number of phenols is 1. The summed E-state index contributed by atoms with van der Waals surface area (Å²) in [5, 5.41) is 20.1. The van der Waals surface area contributed by atoms with Gasteiger partial charge >= 0.3 is 0 Å². The van der Waals surface area contributed by atoms with Crippen molar-refractivity contribution in [3.63, 3.8) is 0 Å². The van der Waals surface area contributed by atoms with Gasteiger partial charge in [0, 0.05) is 10.8 Å². The summed E-state index contributed by atoms with van der Waals surface area (Å²) in [5.74, 6) is 0.689. The highest BCUT2D eigenvalue weighted by Gasteiger charge is 2.11. The van der Waals surface area contributed by atoms with Gasteiger partial charge in [-0.2, -0.15) is 5.26 Å². The summed E-state index contributed by atoms with van der Waals surface area (Å²) in [6.45, 7) is 0. The topological polar surface area (TPSA) is 53.2 Å².